The Morgan fingerprint density at radius 3 is 3.00 bits per heavy atom. The summed E-state index contributed by atoms with van der Waals surface area (Å²) in [6.07, 6.45) is 5.14. The van der Waals surface area contributed by atoms with E-state index in [0.717, 1.165) is 31.6 Å². The van der Waals surface area contributed by atoms with Gasteiger partial charge in [-0.25, -0.2) is 0 Å². The highest BCUT2D eigenvalue weighted by Crippen LogP contribution is 2.28. The summed E-state index contributed by atoms with van der Waals surface area (Å²) in [6.45, 7) is 1.97. The third-order valence-electron chi connectivity index (χ3n) is 4.06. The van der Waals surface area contributed by atoms with Crippen molar-refractivity contribution in [3.8, 4) is 0 Å². The molecule has 0 spiro atoms. The predicted octanol–water partition coefficient (Wildman–Crippen LogP) is 2.53. The Morgan fingerprint density at radius 1 is 1.37 bits per heavy atom. The van der Waals surface area contributed by atoms with Crippen molar-refractivity contribution >= 4 is 24.0 Å². The van der Waals surface area contributed by atoms with E-state index in [4.69, 9.17) is 0 Å². The predicted molar refractivity (Wildman–Crippen MR) is 80.0 cm³/mol. The summed E-state index contributed by atoms with van der Waals surface area (Å²) in [5.74, 6) is 0.286. The number of fused-ring (bicyclic) bond motifs is 1. The second kappa shape index (κ2) is 6.40. The third-order valence-corrected chi connectivity index (χ3v) is 4.06. The maximum atomic E-state index is 12.3. The van der Waals surface area contributed by atoms with Gasteiger partial charge in [0.2, 0.25) is 5.91 Å². The van der Waals surface area contributed by atoms with Gasteiger partial charge in [0, 0.05) is 24.7 Å². The van der Waals surface area contributed by atoms with E-state index < -0.39 is 0 Å². The van der Waals surface area contributed by atoms with Crippen molar-refractivity contribution in [2.24, 2.45) is 0 Å². The van der Waals surface area contributed by atoms with Gasteiger partial charge < -0.3 is 10.2 Å². The number of benzene rings is 1. The van der Waals surface area contributed by atoms with Gasteiger partial charge in [0.1, 0.15) is 0 Å². The highest BCUT2D eigenvalue weighted by molar-refractivity contribution is 5.95. The van der Waals surface area contributed by atoms with E-state index in [1.165, 1.54) is 18.4 Å². The van der Waals surface area contributed by atoms with Crippen LogP contribution in [0.2, 0.25) is 0 Å². The molecular weight excluding hydrogens is 260 g/mol. The minimum absolute atomic E-state index is 0. The molecular formula is C15H21ClN2O. The van der Waals surface area contributed by atoms with Crippen LogP contribution in [0.15, 0.2) is 24.3 Å². The molecule has 1 saturated heterocycles. The normalized spacial score (nSPS) is 21.1. The van der Waals surface area contributed by atoms with Gasteiger partial charge >= 0.3 is 0 Å². The van der Waals surface area contributed by atoms with E-state index in [2.05, 4.69) is 23.5 Å². The molecule has 0 bridgehead atoms. The van der Waals surface area contributed by atoms with Crippen LogP contribution in [0.1, 0.15) is 31.2 Å². The van der Waals surface area contributed by atoms with E-state index in [0.29, 0.717) is 12.5 Å². The highest BCUT2D eigenvalue weighted by atomic mass is 35.5. The van der Waals surface area contributed by atoms with Gasteiger partial charge in [0.15, 0.2) is 0 Å². The topological polar surface area (TPSA) is 32.3 Å². The zero-order chi connectivity index (χ0) is 12.4. The quantitative estimate of drug-likeness (QED) is 0.923. The lowest BCUT2D eigenvalue weighted by Crippen LogP contribution is -2.31. The first-order valence-corrected chi connectivity index (χ1v) is 6.96. The van der Waals surface area contributed by atoms with Gasteiger partial charge in [-0.2, -0.15) is 0 Å². The molecule has 1 N–H and O–H groups in total. The van der Waals surface area contributed by atoms with Crippen molar-refractivity contribution in [1.82, 2.24) is 5.32 Å². The minimum Gasteiger partial charge on any atom is -0.314 e. The largest absolute Gasteiger partial charge is 0.314 e. The molecule has 4 heteroatoms. The van der Waals surface area contributed by atoms with Gasteiger partial charge in [0.05, 0.1) is 0 Å². The molecule has 2 aliphatic heterocycles. The van der Waals surface area contributed by atoms with Crippen molar-refractivity contribution in [2.45, 2.75) is 38.1 Å². The molecule has 2 heterocycles. The first kappa shape index (κ1) is 14.4. The SMILES string of the molecule is Cl.O=C(CCC1CCCN1)N1CCc2ccccc21. The van der Waals surface area contributed by atoms with Gasteiger partial charge in [0.25, 0.3) is 0 Å². The Labute approximate surface area is 120 Å². The van der Waals surface area contributed by atoms with Crippen LogP contribution >= 0.6 is 12.4 Å². The van der Waals surface area contributed by atoms with Crippen LogP contribution in [0, 0.1) is 0 Å². The standard InChI is InChI=1S/C15H20N2O.ClH/c18-15(8-7-13-5-3-10-16-13)17-11-9-12-4-1-2-6-14(12)17;/h1-2,4,6,13,16H,3,5,7-11H2;1H. The van der Waals surface area contributed by atoms with Crippen molar-refractivity contribution in [3.05, 3.63) is 29.8 Å². The second-order valence-corrected chi connectivity index (χ2v) is 5.26. The van der Waals surface area contributed by atoms with E-state index in [1.54, 1.807) is 0 Å². The van der Waals surface area contributed by atoms with Crippen LogP contribution in [0.25, 0.3) is 0 Å². The minimum atomic E-state index is 0. The number of carbonyl (C=O) groups is 1. The highest BCUT2D eigenvalue weighted by Gasteiger charge is 2.24. The third kappa shape index (κ3) is 3.10. The zero-order valence-corrected chi connectivity index (χ0v) is 11.9. The number of halogens is 1. The average molecular weight is 281 g/mol. The smallest absolute Gasteiger partial charge is 0.227 e. The summed E-state index contributed by atoms with van der Waals surface area (Å²) in [7, 11) is 0. The number of hydrogen-bond donors (Lipinski definition) is 1. The molecule has 3 nitrogen and oxygen atoms in total. The van der Waals surface area contributed by atoms with Gasteiger partial charge in [-0.15, -0.1) is 12.4 Å². The number of nitrogens with one attached hydrogen (secondary N) is 1. The zero-order valence-electron chi connectivity index (χ0n) is 11.1. The van der Waals surface area contributed by atoms with Crippen LogP contribution in [-0.4, -0.2) is 25.0 Å². The van der Waals surface area contributed by atoms with Crippen molar-refractivity contribution < 1.29 is 4.79 Å². The molecule has 19 heavy (non-hydrogen) atoms. The van der Waals surface area contributed by atoms with Crippen molar-refractivity contribution in [2.75, 3.05) is 18.0 Å². The molecule has 1 unspecified atom stereocenters. The molecule has 0 radical (unpaired) electrons. The molecule has 1 amide bonds. The molecule has 2 aliphatic rings. The summed E-state index contributed by atoms with van der Waals surface area (Å²) in [6, 6.07) is 8.82. The summed E-state index contributed by atoms with van der Waals surface area (Å²) in [5.41, 5.74) is 2.44. The second-order valence-electron chi connectivity index (χ2n) is 5.26. The van der Waals surface area contributed by atoms with E-state index in [1.807, 2.05) is 11.0 Å². The fraction of sp³-hybridized carbons (Fsp3) is 0.533. The average Bonchev–Trinajstić information content (AvgIpc) is 3.05. The number of carbonyl (C=O) groups excluding carboxylic acids is 1. The summed E-state index contributed by atoms with van der Waals surface area (Å²) < 4.78 is 0. The lowest BCUT2D eigenvalue weighted by Gasteiger charge is -2.18. The first-order chi connectivity index (χ1) is 8.84. The van der Waals surface area contributed by atoms with E-state index in [9.17, 15) is 4.79 Å². The molecule has 0 aromatic heterocycles. The van der Waals surface area contributed by atoms with Gasteiger partial charge in [-0.1, -0.05) is 18.2 Å². The molecule has 1 fully saturated rings. The number of nitrogens with zero attached hydrogens (tertiary/aromatic N) is 1. The summed E-state index contributed by atoms with van der Waals surface area (Å²) >= 11 is 0. The Hall–Kier alpha value is -1.06. The van der Waals surface area contributed by atoms with Crippen LogP contribution in [0.3, 0.4) is 0 Å². The van der Waals surface area contributed by atoms with Crippen molar-refractivity contribution in [3.63, 3.8) is 0 Å². The van der Waals surface area contributed by atoms with Crippen LogP contribution in [0.5, 0.6) is 0 Å². The number of amides is 1. The monoisotopic (exact) mass is 280 g/mol. The molecule has 0 saturated carbocycles. The fourth-order valence-electron chi connectivity index (χ4n) is 3.03. The van der Waals surface area contributed by atoms with Crippen LogP contribution in [0.4, 0.5) is 5.69 Å². The summed E-state index contributed by atoms with van der Waals surface area (Å²) in [5, 5.41) is 3.45. The maximum Gasteiger partial charge on any atom is 0.227 e. The number of rotatable bonds is 3. The van der Waals surface area contributed by atoms with E-state index in [-0.39, 0.29) is 18.3 Å². The Bertz CT molecular complexity index is 444. The molecule has 0 aliphatic carbocycles. The number of para-hydroxylation sites is 1. The lowest BCUT2D eigenvalue weighted by molar-refractivity contribution is -0.118. The number of anilines is 1. The van der Waals surface area contributed by atoms with Crippen molar-refractivity contribution in [1.29, 1.82) is 0 Å². The fourth-order valence-corrected chi connectivity index (χ4v) is 3.03. The maximum absolute atomic E-state index is 12.3. The van der Waals surface area contributed by atoms with Gasteiger partial charge in [-0.05, 0) is 43.9 Å². The molecule has 1 aromatic carbocycles. The van der Waals surface area contributed by atoms with Crippen LogP contribution in [-0.2, 0) is 11.2 Å². The van der Waals surface area contributed by atoms with E-state index >= 15 is 0 Å². The van der Waals surface area contributed by atoms with Gasteiger partial charge in [-0.3, -0.25) is 4.79 Å². The first-order valence-electron chi connectivity index (χ1n) is 6.96. The molecule has 104 valence electrons. The Morgan fingerprint density at radius 2 is 2.21 bits per heavy atom. The summed E-state index contributed by atoms with van der Waals surface area (Å²) in [4.78, 5) is 14.2. The number of hydrogen-bond acceptors (Lipinski definition) is 2. The van der Waals surface area contributed by atoms with Crippen LogP contribution < -0.4 is 10.2 Å². The molecule has 3 rings (SSSR count). The molecule has 1 atom stereocenters. The molecule has 1 aromatic rings. The Balaban J connectivity index is 0.00000133. The Kier molecular flexibility index (Phi) is 4.83. The lowest BCUT2D eigenvalue weighted by atomic mass is 10.1.